The quantitative estimate of drug-likeness (QED) is 0.640. The molecule has 0 aromatic carbocycles. The van der Waals surface area contributed by atoms with Gasteiger partial charge in [0.15, 0.2) is 0 Å². The second-order valence-corrected chi connectivity index (χ2v) is 5.32. The molecule has 1 aliphatic heterocycles. The summed E-state index contributed by atoms with van der Waals surface area (Å²) in [6.45, 7) is 0.343. The molecular formula is C8H15NO3S. The molecule has 0 radical (unpaired) electrons. The van der Waals surface area contributed by atoms with E-state index in [2.05, 4.69) is 8.91 Å². The van der Waals surface area contributed by atoms with Gasteiger partial charge in [-0.1, -0.05) is 19.3 Å². The van der Waals surface area contributed by atoms with E-state index in [1.165, 1.54) is 6.42 Å². The summed E-state index contributed by atoms with van der Waals surface area (Å²) in [5.41, 5.74) is -0.171. The summed E-state index contributed by atoms with van der Waals surface area (Å²) in [5, 5.41) is 0. The van der Waals surface area contributed by atoms with Crippen molar-refractivity contribution in [2.45, 2.75) is 44.1 Å². The lowest BCUT2D eigenvalue weighted by molar-refractivity contribution is 0.160. The third-order valence-electron chi connectivity index (χ3n) is 2.97. The van der Waals surface area contributed by atoms with Crippen LogP contribution in [0, 0.1) is 0 Å². The van der Waals surface area contributed by atoms with Gasteiger partial charge in [-0.3, -0.25) is 4.18 Å². The highest BCUT2D eigenvalue weighted by molar-refractivity contribution is 7.84. The summed E-state index contributed by atoms with van der Waals surface area (Å²) in [6, 6.07) is 0. The minimum absolute atomic E-state index is 0.171. The van der Waals surface area contributed by atoms with E-state index in [-0.39, 0.29) is 5.54 Å². The number of hydrogen-bond acceptors (Lipinski definition) is 3. The van der Waals surface area contributed by atoms with E-state index >= 15 is 0 Å². The lowest BCUT2D eigenvalue weighted by Gasteiger charge is -2.40. The molecule has 2 fully saturated rings. The van der Waals surface area contributed by atoms with E-state index in [4.69, 9.17) is 0 Å². The smallest absolute Gasteiger partial charge is 0.258 e. The molecule has 0 aromatic rings. The Labute approximate surface area is 78.9 Å². The van der Waals surface area contributed by atoms with Crippen molar-refractivity contribution in [3.63, 3.8) is 0 Å². The van der Waals surface area contributed by atoms with E-state index in [0.717, 1.165) is 32.1 Å². The Balaban J connectivity index is 2.13. The van der Waals surface area contributed by atoms with Gasteiger partial charge < -0.3 is 0 Å². The molecule has 2 rings (SSSR count). The fourth-order valence-electron chi connectivity index (χ4n) is 2.27. The van der Waals surface area contributed by atoms with Crippen LogP contribution in [0.2, 0.25) is 0 Å². The Morgan fingerprint density at radius 2 is 1.77 bits per heavy atom. The zero-order chi connectivity index (χ0) is 9.36. The van der Waals surface area contributed by atoms with Gasteiger partial charge in [0.25, 0.3) is 0 Å². The second kappa shape index (κ2) is 3.22. The first kappa shape index (κ1) is 9.43. The normalized spacial score (nSPS) is 31.7. The van der Waals surface area contributed by atoms with Crippen molar-refractivity contribution < 1.29 is 12.6 Å². The van der Waals surface area contributed by atoms with Crippen LogP contribution < -0.4 is 4.72 Å². The van der Waals surface area contributed by atoms with Crippen LogP contribution in [-0.4, -0.2) is 20.6 Å². The molecular weight excluding hydrogens is 190 g/mol. The van der Waals surface area contributed by atoms with Crippen LogP contribution in [-0.2, 0) is 14.5 Å². The van der Waals surface area contributed by atoms with Crippen LogP contribution in [0.5, 0.6) is 0 Å². The molecule has 1 heterocycles. The van der Waals surface area contributed by atoms with Gasteiger partial charge in [0.05, 0.1) is 6.61 Å². The Kier molecular flexibility index (Phi) is 2.33. The van der Waals surface area contributed by atoms with Crippen molar-refractivity contribution in [1.29, 1.82) is 0 Å². The van der Waals surface area contributed by atoms with Crippen LogP contribution in [0.1, 0.15) is 38.5 Å². The van der Waals surface area contributed by atoms with Gasteiger partial charge in [0.2, 0.25) is 0 Å². The molecule has 5 heteroatoms. The van der Waals surface area contributed by atoms with Crippen molar-refractivity contribution in [1.82, 2.24) is 4.72 Å². The molecule has 1 saturated heterocycles. The van der Waals surface area contributed by atoms with Gasteiger partial charge in [0.1, 0.15) is 0 Å². The maximum absolute atomic E-state index is 11.2. The molecule has 1 aliphatic carbocycles. The zero-order valence-electron chi connectivity index (χ0n) is 7.58. The van der Waals surface area contributed by atoms with Crippen molar-refractivity contribution >= 4 is 10.3 Å². The molecule has 76 valence electrons. The number of hydrogen-bond donors (Lipinski definition) is 1. The fourth-order valence-corrected chi connectivity index (χ4v) is 3.47. The number of rotatable bonds is 0. The third kappa shape index (κ3) is 2.03. The van der Waals surface area contributed by atoms with E-state index in [0.29, 0.717) is 6.61 Å². The zero-order valence-corrected chi connectivity index (χ0v) is 8.40. The molecule has 13 heavy (non-hydrogen) atoms. The molecule has 0 amide bonds. The second-order valence-electron chi connectivity index (χ2n) is 3.97. The largest absolute Gasteiger partial charge is 0.336 e. The van der Waals surface area contributed by atoms with Gasteiger partial charge in [-0.25, -0.2) is 0 Å². The SMILES string of the molecule is O=S1(=O)NC2(CCCCC2)CCO1. The van der Waals surface area contributed by atoms with E-state index < -0.39 is 10.3 Å². The molecule has 0 bridgehead atoms. The first-order valence-corrected chi connectivity index (χ1v) is 6.21. The molecule has 1 spiro atoms. The van der Waals surface area contributed by atoms with Crippen molar-refractivity contribution in [3.05, 3.63) is 0 Å². The summed E-state index contributed by atoms with van der Waals surface area (Å²) in [4.78, 5) is 0. The average Bonchev–Trinajstić information content (AvgIpc) is 2.03. The molecule has 0 atom stereocenters. The van der Waals surface area contributed by atoms with E-state index in [1.807, 2.05) is 0 Å². The van der Waals surface area contributed by atoms with Crippen LogP contribution >= 0.6 is 0 Å². The van der Waals surface area contributed by atoms with Gasteiger partial charge in [-0.15, -0.1) is 0 Å². The summed E-state index contributed by atoms with van der Waals surface area (Å²) in [5.74, 6) is 0. The lowest BCUT2D eigenvalue weighted by atomic mass is 9.80. The lowest BCUT2D eigenvalue weighted by Crippen LogP contribution is -2.54. The van der Waals surface area contributed by atoms with E-state index in [1.54, 1.807) is 0 Å². The van der Waals surface area contributed by atoms with Crippen LogP contribution in [0.4, 0.5) is 0 Å². The van der Waals surface area contributed by atoms with Crippen LogP contribution in [0.25, 0.3) is 0 Å². The maximum atomic E-state index is 11.2. The third-order valence-corrected chi connectivity index (χ3v) is 4.13. The topological polar surface area (TPSA) is 55.4 Å². The summed E-state index contributed by atoms with van der Waals surface area (Å²) >= 11 is 0. The molecule has 1 saturated carbocycles. The highest BCUT2D eigenvalue weighted by Crippen LogP contribution is 2.33. The molecule has 4 nitrogen and oxygen atoms in total. The van der Waals surface area contributed by atoms with Gasteiger partial charge in [0, 0.05) is 5.54 Å². The van der Waals surface area contributed by atoms with Crippen molar-refractivity contribution in [2.24, 2.45) is 0 Å². The monoisotopic (exact) mass is 205 g/mol. The van der Waals surface area contributed by atoms with Gasteiger partial charge >= 0.3 is 10.3 Å². The highest BCUT2D eigenvalue weighted by Gasteiger charge is 2.39. The summed E-state index contributed by atoms with van der Waals surface area (Å²) < 4.78 is 29.7. The predicted molar refractivity (Wildman–Crippen MR) is 48.4 cm³/mol. The van der Waals surface area contributed by atoms with E-state index in [9.17, 15) is 8.42 Å². The molecule has 1 N–H and O–H groups in total. The predicted octanol–water partition coefficient (Wildman–Crippen LogP) is 0.944. The minimum atomic E-state index is -3.44. The van der Waals surface area contributed by atoms with Crippen molar-refractivity contribution in [3.8, 4) is 0 Å². The molecule has 2 aliphatic rings. The first-order valence-electron chi connectivity index (χ1n) is 4.80. The Bertz CT molecular complexity index is 274. The van der Waals surface area contributed by atoms with Gasteiger partial charge in [-0.2, -0.15) is 13.1 Å². The Hall–Kier alpha value is -0.130. The fraction of sp³-hybridized carbons (Fsp3) is 1.00. The highest BCUT2D eigenvalue weighted by atomic mass is 32.2. The summed E-state index contributed by atoms with van der Waals surface area (Å²) in [7, 11) is -3.44. The Morgan fingerprint density at radius 1 is 1.08 bits per heavy atom. The van der Waals surface area contributed by atoms with Crippen LogP contribution in [0.15, 0.2) is 0 Å². The van der Waals surface area contributed by atoms with Gasteiger partial charge in [-0.05, 0) is 19.3 Å². The molecule has 0 unspecified atom stereocenters. The van der Waals surface area contributed by atoms with Crippen LogP contribution in [0.3, 0.4) is 0 Å². The Morgan fingerprint density at radius 3 is 2.38 bits per heavy atom. The minimum Gasteiger partial charge on any atom is -0.258 e. The first-order chi connectivity index (χ1) is 6.12. The maximum Gasteiger partial charge on any atom is 0.336 e. The number of nitrogens with one attached hydrogen (secondary N) is 1. The molecule has 0 aromatic heterocycles. The standard InChI is InChI=1S/C8H15NO3S/c10-13(11)9-8(6-7-12-13)4-2-1-3-5-8/h9H,1-7H2. The van der Waals surface area contributed by atoms with Crippen molar-refractivity contribution in [2.75, 3.05) is 6.61 Å². The average molecular weight is 205 g/mol. The summed E-state index contributed by atoms with van der Waals surface area (Å²) in [6.07, 6.45) is 6.24.